The van der Waals surface area contributed by atoms with Crippen molar-refractivity contribution in [1.82, 2.24) is 19.1 Å². The first-order valence-corrected chi connectivity index (χ1v) is 10.7. The second-order valence-corrected chi connectivity index (χ2v) is 7.59. The SMILES string of the molecule is CCCCCCCCn1c2nc(=O)n(-c3ccccc3)c(=O)c-2cc2cccnc21. The van der Waals surface area contributed by atoms with Crippen LogP contribution in [0.2, 0.25) is 0 Å². The number of hydrogen-bond acceptors (Lipinski definition) is 4. The van der Waals surface area contributed by atoms with Gasteiger partial charge in [-0.15, -0.1) is 0 Å². The van der Waals surface area contributed by atoms with E-state index in [1.165, 1.54) is 25.7 Å². The minimum absolute atomic E-state index is 0.348. The van der Waals surface area contributed by atoms with Gasteiger partial charge in [0.05, 0.1) is 11.3 Å². The molecule has 0 spiro atoms. The first-order valence-electron chi connectivity index (χ1n) is 10.7. The zero-order valence-corrected chi connectivity index (χ0v) is 17.3. The molecule has 0 saturated carbocycles. The molecule has 1 aromatic carbocycles. The van der Waals surface area contributed by atoms with Gasteiger partial charge in [-0.1, -0.05) is 57.2 Å². The fraction of sp³-hybridized carbons (Fsp3) is 0.333. The molecule has 0 unspecified atom stereocenters. The Hall–Kier alpha value is -3.28. The van der Waals surface area contributed by atoms with Crippen LogP contribution < -0.4 is 11.2 Å². The number of nitrogens with zero attached hydrogens (tertiary/aromatic N) is 4. The third-order valence-electron chi connectivity index (χ3n) is 5.44. The van der Waals surface area contributed by atoms with Crippen LogP contribution in [0.15, 0.2) is 64.3 Å². The van der Waals surface area contributed by atoms with Gasteiger partial charge in [0.25, 0.3) is 5.56 Å². The zero-order chi connectivity index (χ0) is 20.9. The maximum atomic E-state index is 13.3. The van der Waals surface area contributed by atoms with Gasteiger partial charge in [0.15, 0.2) is 5.82 Å². The Morgan fingerprint density at radius 1 is 0.900 bits per heavy atom. The standard InChI is InChI=1S/C24H26N4O2/c1-2-3-4-5-6-10-16-27-21-18(12-11-15-25-21)17-20-22(27)26-24(30)28(23(20)29)19-13-8-7-9-14-19/h7-9,11-15,17H,2-6,10,16H2,1H3. The summed E-state index contributed by atoms with van der Waals surface area (Å²) in [5, 5.41) is 0.869. The molecular formula is C24H26N4O2. The summed E-state index contributed by atoms with van der Waals surface area (Å²) in [5.74, 6) is 0.414. The van der Waals surface area contributed by atoms with Crippen molar-refractivity contribution in [3.05, 3.63) is 75.6 Å². The van der Waals surface area contributed by atoms with Crippen molar-refractivity contribution in [2.24, 2.45) is 0 Å². The highest BCUT2D eigenvalue weighted by Gasteiger charge is 2.20. The molecule has 2 aliphatic rings. The lowest BCUT2D eigenvalue weighted by molar-refractivity contribution is 0.560. The molecule has 1 aromatic heterocycles. The summed E-state index contributed by atoms with van der Waals surface area (Å²) in [6.45, 7) is 2.89. The monoisotopic (exact) mass is 402 g/mol. The van der Waals surface area contributed by atoms with Crippen molar-refractivity contribution < 1.29 is 0 Å². The summed E-state index contributed by atoms with van der Waals surface area (Å²) in [6.07, 6.45) is 8.68. The Morgan fingerprint density at radius 2 is 1.67 bits per heavy atom. The molecular weight excluding hydrogens is 376 g/mol. The number of para-hydroxylation sites is 1. The largest absolute Gasteiger partial charge is 0.357 e. The molecule has 4 rings (SSSR count). The van der Waals surface area contributed by atoms with Crippen molar-refractivity contribution in [3.63, 3.8) is 0 Å². The Kier molecular flexibility index (Phi) is 6.02. The predicted octanol–water partition coefficient (Wildman–Crippen LogP) is 4.41. The molecule has 3 heterocycles. The number of fused-ring (bicyclic) bond motifs is 2. The highest BCUT2D eigenvalue weighted by atomic mass is 16.2. The van der Waals surface area contributed by atoms with E-state index in [1.807, 2.05) is 22.8 Å². The van der Waals surface area contributed by atoms with Crippen molar-refractivity contribution in [3.8, 4) is 17.1 Å². The molecule has 0 amide bonds. The van der Waals surface area contributed by atoms with Crippen LogP contribution in [0, 0.1) is 0 Å². The maximum Gasteiger partial charge on any atom is 0.357 e. The third-order valence-corrected chi connectivity index (χ3v) is 5.44. The molecule has 154 valence electrons. The van der Waals surface area contributed by atoms with Crippen molar-refractivity contribution in [2.45, 2.75) is 52.0 Å². The number of pyridine rings is 2. The number of rotatable bonds is 8. The van der Waals surface area contributed by atoms with E-state index in [-0.39, 0.29) is 5.56 Å². The van der Waals surface area contributed by atoms with Gasteiger partial charge in [-0.2, -0.15) is 4.98 Å². The average molecular weight is 402 g/mol. The van der Waals surface area contributed by atoms with Gasteiger partial charge in [0.1, 0.15) is 5.65 Å². The highest BCUT2D eigenvalue weighted by Crippen LogP contribution is 2.23. The van der Waals surface area contributed by atoms with E-state index < -0.39 is 5.69 Å². The van der Waals surface area contributed by atoms with Crippen LogP contribution in [-0.2, 0) is 6.54 Å². The van der Waals surface area contributed by atoms with Gasteiger partial charge in [-0.05, 0) is 36.8 Å². The maximum absolute atomic E-state index is 13.3. The number of benzene rings is 1. The van der Waals surface area contributed by atoms with Gasteiger partial charge >= 0.3 is 5.69 Å². The molecule has 0 N–H and O–H groups in total. The molecule has 0 fully saturated rings. The van der Waals surface area contributed by atoms with Gasteiger partial charge in [-0.3, -0.25) is 4.79 Å². The van der Waals surface area contributed by atoms with Crippen LogP contribution >= 0.6 is 0 Å². The van der Waals surface area contributed by atoms with Crippen molar-refractivity contribution >= 4 is 11.0 Å². The lowest BCUT2D eigenvalue weighted by atomic mass is 10.1. The van der Waals surface area contributed by atoms with Crippen LogP contribution in [0.25, 0.3) is 28.1 Å². The van der Waals surface area contributed by atoms with Crippen LogP contribution in [0.4, 0.5) is 0 Å². The third kappa shape index (κ3) is 3.90. The Morgan fingerprint density at radius 3 is 2.47 bits per heavy atom. The first kappa shape index (κ1) is 20.0. The number of aromatic nitrogens is 4. The minimum atomic E-state index is -0.564. The first-order chi connectivity index (χ1) is 14.7. The van der Waals surface area contributed by atoms with Gasteiger partial charge in [0.2, 0.25) is 0 Å². The number of hydrogen-bond donors (Lipinski definition) is 0. The van der Waals surface area contributed by atoms with E-state index in [4.69, 9.17) is 0 Å². The summed E-state index contributed by atoms with van der Waals surface area (Å²) in [6, 6.07) is 14.5. The molecule has 6 nitrogen and oxygen atoms in total. The van der Waals surface area contributed by atoms with E-state index in [0.717, 1.165) is 28.4 Å². The lowest BCUT2D eigenvalue weighted by Crippen LogP contribution is -2.37. The predicted molar refractivity (Wildman–Crippen MR) is 119 cm³/mol. The van der Waals surface area contributed by atoms with Gasteiger partial charge in [-0.25, -0.2) is 14.3 Å². The van der Waals surface area contributed by atoms with Crippen LogP contribution in [0.3, 0.4) is 0 Å². The molecule has 0 saturated heterocycles. The second kappa shape index (κ2) is 9.03. The molecule has 2 aliphatic heterocycles. The molecule has 2 aromatic rings. The summed E-state index contributed by atoms with van der Waals surface area (Å²) < 4.78 is 3.07. The van der Waals surface area contributed by atoms with E-state index in [1.54, 1.807) is 36.5 Å². The van der Waals surface area contributed by atoms with Crippen LogP contribution in [0.1, 0.15) is 45.4 Å². The second-order valence-electron chi connectivity index (χ2n) is 7.59. The smallest absolute Gasteiger partial charge is 0.310 e. The fourth-order valence-electron chi connectivity index (χ4n) is 3.91. The normalized spacial score (nSPS) is 11.4. The Bertz CT molecular complexity index is 1230. The van der Waals surface area contributed by atoms with Crippen LogP contribution in [-0.4, -0.2) is 19.1 Å². The Labute approximate surface area is 175 Å². The topological polar surface area (TPSA) is 69.8 Å². The minimum Gasteiger partial charge on any atom is -0.310 e. The van der Waals surface area contributed by atoms with Gasteiger partial charge in [0, 0.05) is 18.1 Å². The van der Waals surface area contributed by atoms with Crippen molar-refractivity contribution in [2.75, 3.05) is 0 Å². The number of unbranched alkanes of at least 4 members (excludes halogenated alkanes) is 5. The summed E-state index contributed by atoms with van der Waals surface area (Å²) >= 11 is 0. The quantitative estimate of drug-likeness (QED) is 0.323. The molecule has 0 atom stereocenters. The Balaban J connectivity index is 1.81. The van der Waals surface area contributed by atoms with E-state index >= 15 is 0 Å². The van der Waals surface area contributed by atoms with E-state index in [0.29, 0.717) is 23.6 Å². The zero-order valence-electron chi connectivity index (χ0n) is 17.3. The summed E-state index contributed by atoms with van der Waals surface area (Å²) in [7, 11) is 0. The lowest BCUT2D eigenvalue weighted by Gasteiger charge is -2.18. The molecule has 30 heavy (non-hydrogen) atoms. The van der Waals surface area contributed by atoms with Crippen LogP contribution in [0.5, 0.6) is 0 Å². The molecule has 0 bridgehead atoms. The van der Waals surface area contributed by atoms with Gasteiger partial charge < -0.3 is 4.57 Å². The van der Waals surface area contributed by atoms with E-state index in [9.17, 15) is 9.59 Å². The molecule has 6 heteroatoms. The highest BCUT2D eigenvalue weighted by molar-refractivity contribution is 5.82. The summed E-state index contributed by atoms with van der Waals surface area (Å²) in [5.41, 5.74) is 0.798. The summed E-state index contributed by atoms with van der Waals surface area (Å²) in [4.78, 5) is 34.9. The van der Waals surface area contributed by atoms with E-state index in [2.05, 4.69) is 16.9 Å². The molecule has 0 aliphatic carbocycles. The average Bonchev–Trinajstić information content (AvgIpc) is 2.77. The fourth-order valence-corrected chi connectivity index (χ4v) is 3.91. The molecule has 0 radical (unpaired) electrons. The van der Waals surface area contributed by atoms with Crippen molar-refractivity contribution in [1.29, 1.82) is 0 Å². The number of aryl methyl sites for hydroxylation is 1.